The van der Waals surface area contributed by atoms with Crippen LogP contribution in [0.2, 0.25) is 0 Å². The summed E-state index contributed by atoms with van der Waals surface area (Å²) in [5.74, 6) is 0. The van der Waals surface area contributed by atoms with Gasteiger partial charge in [-0.3, -0.25) is 0 Å². The van der Waals surface area contributed by atoms with Gasteiger partial charge in [0.25, 0.3) is 0 Å². The zero-order valence-corrected chi connectivity index (χ0v) is 35.1. The third kappa shape index (κ3) is 4.70. The number of hydrogen-bond donors (Lipinski definition) is 0. The highest BCUT2D eigenvalue weighted by atomic mass is 14.4. The molecule has 0 heteroatoms. The van der Waals surface area contributed by atoms with Gasteiger partial charge in [-0.15, -0.1) is 0 Å². The van der Waals surface area contributed by atoms with E-state index >= 15 is 0 Å². The summed E-state index contributed by atoms with van der Waals surface area (Å²) >= 11 is 0. The summed E-state index contributed by atoms with van der Waals surface area (Å²) in [5, 5.41) is 7.82. The van der Waals surface area contributed by atoms with E-state index in [1.165, 1.54) is 144 Å². The van der Waals surface area contributed by atoms with Crippen molar-refractivity contribution < 1.29 is 0 Å². The van der Waals surface area contributed by atoms with E-state index < -0.39 is 0 Å². The van der Waals surface area contributed by atoms with Crippen molar-refractivity contribution in [2.24, 2.45) is 0 Å². The van der Waals surface area contributed by atoms with Crippen LogP contribution in [0.25, 0.3) is 132 Å². The molecule has 0 aromatic heterocycles. The fraction of sp³-hybridized carbons (Fsp3) is 0.0476. The van der Waals surface area contributed by atoms with Crippen LogP contribution in [0, 0.1) is 0 Å². The lowest BCUT2D eigenvalue weighted by Gasteiger charge is -2.22. The van der Waals surface area contributed by atoms with Gasteiger partial charge in [0.05, 0.1) is 0 Å². The Morgan fingerprint density at radius 3 is 1.60 bits per heavy atom. The van der Waals surface area contributed by atoms with Crippen molar-refractivity contribution in [1.82, 2.24) is 0 Å². The molecule has 0 atom stereocenters. The molecule has 0 amide bonds. The second-order valence-electron chi connectivity index (χ2n) is 18.3. The molecule has 0 bridgehead atoms. The second kappa shape index (κ2) is 12.6. The quantitative estimate of drug-likeness (QED) is 0.166. The highest BCUT2D eigenvalue weighted by Gasteiger charge is 2.36. The van der Waals surface area contributed by atoms with Gasteiger partial charge in [-0.2, -0.15) is 0 Å². The normalized spacial score (nSPS) is 13.4. The Bertz CT molecular complexity index is 3790. The van der Waals surface area contributed by atoms with Crippen molar-refractivity contribution in [2.75, 3.05) is 0 Å². The van der Waals surface area contributed by atoms with E-state index in [0.29, 0.717) is 0 Å². The van der Waals surface area contributed by atoms with Gasteiger partial charge < -0.3 is 0 Å². The molecule has 11 aromatic rings. The molecule has 0 radical (unpaired) electrons. The van der Waals surface area contributed by atoms with Crippen LogP contribution in [0.4, 0.5) is 0 Å². The monoisotopic (exact) mass is 796 g/mol. The van der Waals surface area contributed by atoms with Gasteiger partial charge >= 0.3 is 0 Å². The van der Waals surface area contributed by atoms with Gasteiger partial charge in [0.15, 0.2) is 0 Å². The Hall–Kier alpha value is -7.80. The van der Waals surface area contributed by atoms with Crippen molar-refractivity contribution >= 4 is 32.3 Å². The number of hydrogen-bond acceptors (Lipinski definition) is 0. The van der Waals surface area contributed by atoms with Gasteiger partial charge in [0.2, 0.25) is 0 Å². The van der Waals surface area contributed by atoms with Gasteiger partial charge in [0, 0.05) is 5.41 Å². The van der Waals surface area contributed by atoms with Crippen LogP contribution in [0.1, 0.15) is 25.0 Å². The maximum Gasteiger partial charge on any atom is 0.0159 e. The molecule has 0 saturated carbocycles. The number of rotatable bonds is 4. The maximum absolute atomic E-state index is 2.49. The van der Waals surface area contributed by atoms with Crippen LogP contribution in [-0.2, 0) is 5.41 Å². The Morgan fingerprint density at radius 2 is 0.825 bits per heavy atom. The summed E-state index contributed by atoms with van der Waals surface area (Å²) in [6.45, 7) is 4.75. The lowest BCUT2D eigenvalue weighted by Crippen LogP contribution is -2.14. The smallest absolute Gasteiger partial charge is 0.0159 e. The summed E-state index contributed by atoms with van der Waals surface area (Å²) in [6, 6.07) is 77.9. The summed E-state index contributed by atoms with van der Waals surface area (Å²) in [7, 11) is 0. The average Bonchev–Trinajstić information content (AvgIpc) is 3.93. The largest absolute Gasteiger partial charge is 0.0622 e. The van der Waals surface area contributed by atoms with Crippen LogP contribution in [0.15, 0.2) is 206 Å². The van der Waals surface area contributed by atoms with E-state index in [0.717, 1.165) is 0 Å². The van der Waals surface area contributed by atoms with E-state index in [2.05, 4.69) is 220 Å². The van der Waals surface area contributed by atoms with Crippen LogP contribution in [0.5, 0.6) is 0 Å². The molecular formula is C63H40. The minimum absolute atomic E-state index is 0.0702. The van der Waals surface area contributed by atoms with Crippen molar-refractivity contribution in [1.29, 1.82) is 0 Å². The first-order valence-corrected chi connectivity index (χ1v) is 22.3. The topological polar surface area (TPSA) is 0 Å². The van der Waals surface area contributed by atoms with Crippen molar-refractivity contribution in [3.63, 3.8) is 0 Å². The Morgan fingerprint density at radius 1 is 0.254 bits per heavy atom. The minimum Gasteiger partial charge on any atom is -0.0622 e. The summed E-state index contributed by atoms with van der Waals surface area (Å²) < 4.78 is 0. The molecule has 0 saturated heterocycles. The molecule has 0 unspecified atom stereocenters. The van der Waals surface area contributed by atoms with Gasteiger partial charge in [-0.05, 0) is 168 Å². The first kappa shape index (κ1) is 34.9. The lowest BCUT2D eigenvalue weighted by molar-refractivity contribution is 0.660. The van der Waals surface area contributed by atoms with Crippen LogP contribution in [0.3, 0.4) is 0 Å². The highest BCUT2D eigenvalue weighted by molar-refractivity contribution is 6.29. The van der Waals surface area contributed by atoms with Crippen molar-refractivity contribution in [3.05, 3.63) is 217 Å². The average molecular weight is 797 g/mol. The minimum atomic E-state index is -0.0702. The molecule has 292 valence electrons. The Labute approximate surface area is 367 Å². The van der Waals surface area contributed by atoms with Crippen LogP contribution in [-0.4, -0.2) is 0 Å². The highest BCUT2D eigenvalue weighted by Crippen LogP contribution is 2.59. The molecule has 0 spiro atoms. The first-order chi connectivity index (χ1) is 31.0. The van der Waals surface area contributed by atoms with Crippen LogP contribution >= 0.6 is 0 Å². The predicted molar refractivity (Wildman–Crippen MR) is 267 cm³/mol. The fourth-order valence-corrected chi connectivity index (χ4v) is 11.9. The SMILES string of the molecule is CC1(C)c2ccccc2-c2ccc(-c3ccc4c5c(cccc35)-c3c-4c(-c4ccccc4)c4ccc(-c5cc6c7c(cccc7c5)-c5ccccc5-6)cc4c3-c3ccccc3)cc21. The number of benzene rings is 11. The molecule has 0 nitrogen and oxygen atoms in total. The van der Waals surface area contributed by atoms with E-state index in [-0.39, 0.29) is 5.41 Å². The summed E-state index contributed by atoms with van der Waals surface area (Å²) in [6.07, 6.45) is 0. The molecule has 11 aromatic carbocycles. The van der Waals surface area contributed by atoms with Gasteiger partial charge in [-0.25, -0.2) is 0 Å². The van der Waals surface area contributed by atoms with E-state index in [9.17, 15) is 0 Å². The first-order valence-electron chi connectivity index (χ1n) is 22.3. The third-order valence-corrected chi connectivity index (χ3v) is 14.7. The second-order valence-corrected chi connectivity index (χ2v) is 18.3. The van der Waals surface area contributed by atoms with Gasteiger partial charge in [0.1, 0.15) is 0 Å². The van der Waals surface area contributed by atoms with Crippen molar-refractivity contribution in [3.8, 4) is 100 Å². The molecule has 0 heterocycles. The lowest BCUT2D eigenvalue weighted by atomic mass is 9.81. The Kier molecular flexibility index (Phi) is 6.99. The molecule has 0 fully saturated rings. The van der Waals surface area contributed by atoms with E-state index in [4.69, 9.17) is 0 Å². The van der Waals surface area contributed by atoms with Crippen LogP contribution < -0.4 is 0 Å². The van der Waals surface area contributed by atoms with E-state index in [1.807, 2.05) is 0 Å². The molecule has 63 heavy (non-hydrogen) atoms. The molecule has 0 aliphatic heterocycles. The molecule has 14 rings (SSSR count). The summed E-state index contributed by atoms with van der Waals surface area (Å²) in [4.78, 5) is 0. The zero-order valence-electron chi connectivity index (χ0n) is 35.1. The predicted octanol–water partition coefficient (Wildman–Crippen LogP) is 17.4. The zero-order chi connectivity index (χ0) is 41.6. The standard InChI is InChI=1S/C63H40/c1-63(2)55-26-12-11-22-46(55)47-29-28-40(36-56(47)63)43-31-32-52-60-48(43)24-14-25-51(60)61-59(38-17-7-4-8-18-38)54-34-39(27-30-50(54)58(62(52)61)37-15-5-3-6-16-37)42-33-41-19-13-23-49-44-20-9-10-21-45(44)53(35-42)57(41)49/h3-36H,1-2H3. The number of fused-ring (bicyclic) bond motifs is 10. The fourth-order valence-electron chi connectivity index (χ4n) is 11.9. The van der Waals surface area contributed by atoms with Gasteiger partial charge in [-0.1, -0.05) is 196 Å². The summed E-state index contributed by atoms with van der Waals surface area (Å²) in [5.41, 5.74) is 26.1. The molecule has 3 aliphatic rings. The molecular weight excluding hydrogens is 757 g/mol. The third-order valence-electron chi connectivity index (χ3n) is 14.7. The maximum atomic E-state index is 2.49. The van der Waals surface area contributed by atoms with E-state index in [1.54, 1.807) is 0 Å². The Balaban J connectivity index is 1.04. The molecule has 0 N–H and O–H groups in total. The van der Waals surface area contributed by atoms with Crippen molar-refractivity contribution in [2.45, 2.75) is 19.3 Å². The molecule has 3 aliphatic carbocycles.